The maximum atomic E-state index is 11.9. The van der Waals surface area contributed by atoms with Gasteiger partial charge in [-0.2, -0.15) is 0 Å². The molecule has 0 spiro atoms. The molecular weight excluding hydrogens is 324 g/mol. The van der Waals surface area contributed by atoms with Crippen molar-refractivity contribution in [2.45, 2.75) is 65.2 Å². The summed E-state index contributed by atoms with van der Waals surface area (Å²) in [5.74, 6) is 1.01. The fourth-order valence-corrected chi connectivity index (χ4v) is 2.88. The largest absolute Gasteiger partial charge is 0.519 e. The second-order valence-corrected chi connectivity index (χ2v) is 6.66. The Morgan fingerprint density at radius 1 is 0.654 bits per heavy atom. The minimum absolute atomic E-state index is 0.499. The monoisotopic (exact) mass is 354 g/mol. The summed E-state index contributed by atoms with van der Waals surface area (Å²) in [7, 11) is 0. The third kappa shape index (κ3) is 7.30. The zero-order chi connectivity index (χ0) is 18.6. The van der Waals surface area contributed by atoms with Crippen LogP contribution in [-0.2, 0) is 12.8 Å². The van der Waals surface area contributed by atoms with Crippen LogP contribution in [0.25, 0.3) is 0 Å². The first-order chi connectivity index (χ1) is 12.7. The average molecular weight is 354 g/mol. The summed E-state index contributed by atoms with van der Waals surface area (Å²) in [6.07, 6.45) is 8.85. The number of rotatable bonds is 10. The van der Waals surface area contributed by atoms with Crippen molar-refractivity contribution in [3.05, 3.63) is 59.7 Å². The molecule has 0 aliphatic rings. The molecule has 26 heavy (non-hydrogen) atoms. The standard InChI is InChI=1S/C23H30O3/c1-3-5-6-7-8-10-20-13-17-22(18-14-20)26-23(24)25-21-15-11-19(9-4-2)12-16-21/h11-18H,3-10H2,1-2H3. The van der Waals surface area contributed by atoms with E-state index in [0.717, 1.165) is 19.3 Å². The smallest absolute Gasteiger partial charge is 0.395 e. The Kier molecular flexibility index (Phi) is 8.74. The zero-order valence-electron chi connectivity index (χ0n) is 16.0. The molecule has 3 heteroatoms. The minimum Gasteiger partial charge on any atom is -0.395 e. The first-order valence-electron chi connectivity index (χ1n) is 9.78. The molecule has 0 radical (unpaired) electrons. The first-order valence-corrected chi connectivity index (χ1v) is 9.78. The molecule has 2 aromatic rings. The van der Waals surface area contributed by atoms with Crippen molar-refractivity contribution in [2.75, 3.05) is 0 Å². The highest BCUT2D eigenvalue weighted by molar-refractivity contribution is 5.67. The van der Waals surface area contributed by atoms with Gasteiger partial charge in [0.15, 0.2) is 0 Å². The molecule has 0 N–H and O–H groups in total. The molecule has 3 nitrogen and oxygen atoms in total. The highest BCUT2D eigenvalue weighted by Crippen LogP contribution is 2.17. The Morgan fingerprint density at radius 3 is 1.65 bits per heavy atom. The molecule has 0 unspecified atom stereocenters. The van der Waals surface area contributed by atoms with E-state index in [1.807, 2.05) is 36.4 Å². The van der Waals surface area contributed by atoms with E-state index in [1.54, 1.807) is 12.1 Å². The number of ether oxygens (including phenoxy) is 2. The van der Waals surface area contributed by atoms with Gasteiger partial charge in [0.05, 0.1) is 0 Å². The van der Waals surface area contributed by atoms with Gasteiger partial charge in [-0.25, -0.2) is 4.79 Å². The van der Waals surface area contributed by atoms with Crippen LogP contribution in [0.1, 0.15) is 63.5 Å². The van der Waals surface area contributed by atoms with E-state index in [0.29, 0.717) is 11.5 Å². The molecule has 2 aromatic carbocycles. The average Bonchev–Trinajstić information content (AvgIpc) is 2.65. The normalized spacial score (nSPS) is 10.5. The molecule has 0 atom stereocenters. The van der Waals surface area contributed by atoms with Crippen LogP contribution in [-0.4, -0.2) is 6.16 Å². The molecule has 0 heterocycles. The SMILES string of the molecule is CCCCCCCc1ccc(OC(=O)Oc2ccc(CCC)cc2)cc1. The Morgan fingerprint density at radius 2 is 1.15 bits per heavy atom. The molecule has 0 saturated heterocycles. The number of aryl methyl sites for hydroxylation is 2. The Balaban J connectivity index is 1.76. The van der Waals surface area contributed by atoms with E-state index in [9.17, 15) is 4.79 Å². The quantitative estimate of drug-likeness (QED) is 0.269. The maximum Gasteiger partial charge on any atom is 0.519 e. The Hall–Kier alpha value is -2.29. The molecule has 140 valence electrons. The molecular formula is C23H30O3. The van der Waals surface area contributed by atoms with Gasteiger partial charge >= 0.3 is 6.16 Å². The van der Waals surface area contributed by atoms with Gasteiger partial charge in [0.25, 0.3) is 0 Å². The molecule has 0 amide bonds. The van der Waals surface area contributed by atoms with E-state index in [1.165, 1.54) is 43.2 Å². The molecule has 0 aromatic heterocycles. The molecule has 2 rings (SSSR count). The van der Waals surface area contributed by atoms with E-state index >= 15 is 0 Å². The molecule has 0 aliphatic heterocycles. The summed E-state index contributed by atoms with van der Waals surface area (Å²) >= 11 is 0. The van der Waals surface area contributed by atoms with Gasteiger partial charge in [-0.3, -0.25) is 0 Å². The van der Waals surface area contributed by atoms with Crippen molar-refractivity contribution in [1.29, 1.82) is 0 Å². The van der Waals surface area contributed by atoms with Crippen LogP contribution < -0.4 is 9.47 Å². The second-order valence-electron chi connectivity index (χ2n) is 6.66. The lowest BCUT2D eigenvalue weighted by molar-refractivity contribution is 0.152. The lowest BCUT2D eigenvalue weighted by Crippen LogP contribution is -2.13. The van der Waals surface area contributed by atoms with Crippen LogP contribution in [0, 0.1) is 0 Å². The van der Waals surface area contributed by atoms with Gasteiger partial charge in [-0.15, -0.1) is 0 Å². The summed E-state index contributed by atoms with van der Waals surface area (Å²) in [5, 5.41) is 0. The van der Waals surface area contributed by atoms with Gasteiger partial charge in [0.1, 0.15) is 11.5 Å². The number of benzene rings is 2. The predicted octanol–water partition coefficient (Wildman–Crippen LogP) is 6.73. The summed E-state index contributed by atoms with van der Waals surface area (Å²) < 4.78 is 10.5. The third-order valence-corrected chi connectivity index (χ3v) is 4.36. The van der Waals surface area contributed by atoms with E-state index < -0.39 is 6.16 Å². The number of carbonyl (C=O) groups excluding carboxylic acids is 1. The number of hydrogen-bond donors (Lipinski definition) is 0. The van der Waals surface area contributed by atoms with Crippen LogP contribution in [0.15, 0.2) is 48.5 Å². The fraction of sp³-hybridized carbons (Fsp3) is 0.435. The van der Waals surface area contributed by atoms with Crippen LogP contribution in [0.5, 0.6) is 11.5 Å². The number of unbranched alkanes of at least 4 members (excludes halogenated alkanes) is 4. The van der Waals surface area contributed by atoms with Crippen molar-refractivity contribution in [2.24, 2.45) is 0 Å². The molecule has 0 saturated carbocycles. The zero-order valence-corrected chi connectivity index (χ0v) is 16.0. The van der Waals surface area contributed by atoms with E-state index in [2.05, 4.69) is 13.8 Å². The van der Waals surface area contributed by atoms with Gasteiger partial charge in [-0.1, -0.05) is 70.2 Å². The topological polar surface area (TPSA) is 35.5 Å². The lowest BCUT2D eigenvalue weighted by Gasteiger charge is -2.07. The number of hydrogen-bond acceptors (Lipinski definition) is 3. The van der Waals surface area contributed by atoms with Gasteiger partial charge in [0, 0.05) is 0 Å². The van der Waals surface area contributed by atoms with Crippen molar-refractivity contribution >= 4 is 6.16 Å². The van der Waals surface area contributed by atoms with Crippen LogP contribution in [0.3, 0.4) is 0 Å². The molecule has 0 bridgehead atoms. The van der Waals surface area contributed by atoms with E-state index in [-0.39, 0.29) is 0 Å². The number of carbonyl (C=O) groups is 1. The lowest BCUT2D eigenvalue weighted by atomic mass is 10.1. The summed E-state index contributed by atoms with van der Waals surface area (Å²) in [4.78, 5) is 11.9. The van der Waals surface area contributed by atoms with Gasteiger partial charge in [-0.05, 0) is 54.7 Å². The highest BCUT2D eigenvalue weighted by atomic mass is 16.7. The summed E-state index contributed by atoms with van der Waals surface area (Å²) in [5.41, 5.74) is 2.51. The van der Waals surface area contributed by atoms with Crippen molar-refractivity contribution in [3.8, 4) is 11.5 Å². The fourth-order valence-electron chi connectivity index (χ4n) is 2.88. The van der Waals surface area contributed by atoms with Crippen LogP contribution >= 0.6 is 0 Å². The van der Waals surface area contributed by atoms with Crippen molar-refractivity contribution in [1.82, 2.24) is 0 Å². The predicted molar refractivity (Wildman–Crippen MR) is 106 cm³/mol. The van der Waals surface area contributed by atoms with Gasteiger partial charge in [0.2, 0.25) is 0 Å². The van der Waals surface area contributed by atoms with Crippen molar-refractivity contribution in [3.63, 3.8) is 0 Å². The van der Waals surface area contributed by atoms with Gasteiger partial charge < -0.3 is 9.47 Å². The van der Waals surface area contributed by atoms with E-state index in [4.69, 9.17) is 9.47 Å². The Bertz CT molecular complexity index is 644. The second kappa shape index (κ2) is 11.3. The third-order valence-electron chi connectivity index (χ3n) is 4.36. The minimum atomic E-state index is -0.708. The Labute approximate surface area is 157 Å². The summed E-state index contributed by atoms with van der Waals surface area (Å²) in [6.45, 7) is 4.37. The summed E-state index contributed by atoms with van der Waals surface area (Å²) in [6, 6.07) is 15.2. The van der Waals surface area contributed by atoms with Crippen molar-refractivity contribution < 1.29 is 14.3 Å². The first kappa shape index (κ1) is 20.0. The highest BCUT2D eigenvalue weighted by Gasteiger charge is 2.08. The van der Waals surface area contributed by atoms with Crippen LogP contribution in [0.2, 0.25) is 0 Å². The van der Waals surface area contributed by atoms with Crippen LogP contribution in [0.4, 0.5) is 4.79 Å². The molecule has 0 fully saturated rings. The maximum absolute atomic E-state index is 11.9. The molecule has 0 aliphatic carbocycles.